The van der Waals surface area contributed by atoms with Gasteiger partial charge >= 0.3 is 0 Å². The molecule has 3 rings (SSSR count). The molecule has 6 nitrogen and oxygen atoms in total. The molecule has 106 valence electrons. The first-order valence-corrected chi connectivity index (χ1v) is 7.34. The van der Waals surface area contributed by atoms with Crippen molar-refractivity contribution in [2.45, 2.75) is 6.92 Å². The number of pyridine rings is 1. The Bertz CT molecular complexity index is 580. The number of aryl methyl sites for hydroxylation is 1. The Hall–Kier alpha value is -1.89. The minimum atomic E-state index is 0.845. The standard InChI is InChI=1S/C13H17N5OS/c1-10-15-13(20-16-10)18-7-5-17(6-8-18)12-9-11(19-2)3-4-14-12/h3-4,9H,5-8H2,1-2H3. The van der Waals surface area contributed by atoms with Crippen molar-refractivity contribution < 1.29 is 4.74 Å². The number of hydrogen-bond acceptors (Lipinski definition) is 7. The fourth-order valence-corrected chi connectivity index (χ4v) is 2.97. The van der Waals surface area contributed by atoms with Gasteiger partial charge in [-0.05, 0) is 13.0 Å². The van der Waals surface area contributed by atoms with Crippen molar-refractivity contribution >= 4 is 22.5 Å². The van der Waals surface area contributed by atoms with Crippen LogP contribution < -0.4 is 14.5 Å². The third kappa shape index (κ3) is 2.67. The van der Waals surface area contributed by atoms with Crippen LogP contribution in [0.15, 0.2) is 18.3 Å². The molecule has 1 fully saturated rings. The van der Waals surface area contributed by atoms with Crippen molar-refractivity contribution in [2.75, 3.05) is 43.1 Å². The van der Waals surface area contributed by atoms with Crippen molar-refractivity contribution in [3.05, 3.63) is 24.2 Å². The first-order valence-electron chi connectivity index (χ1n) is 6.56. The minimum Gasteiger partial charge on any atom is -0.497 e. The molecule has 0 bridgehead atoms. The van der Waals surface area contributed by atoms with Crippen LogP contribution in [0.3, 0.4) is 0 Å². The minimum absolute atomic E-state index is 0.845. The van der Waals surface area contributed by atoms with Crippen LogP contribution in [0, 0.1) is 6.92 Å². The summed E-state index contributed by atoms with van der Waals surface area (Å²) < 4.78 is 9.48. The van der Waals surface area contributed by atoms with E-state index in [2.05, 4.69) is 24.1 Å². The summed E-state index contributed by atoms with van der Waals surface area (Å²) in [5, 5.41) is 1.01. The summed E-state index contributed by atoms with van der Waals surface area (Å²) in [4.78, 5) is 13.4. The van der Waals surface area contributed by atoms with E-state index in [0.717, 1.165) is 48.7 Å². The predicted molar refractivity (Wildman–Crippen MR) is 79.9 cm³/mol. The summed E-state index contributed by atoms with van der Waals surface area (Å²) in [7, 11) is 1.68. The van der Waals surface area contributed by atoms with Gasteiger partial charge in [-0.1, -0.05) is 0 Å². The fraction of sp³-hybridized carbons (Fsp3) is 0.462. The second kappa shape index (κ2) is 5.62. The molecule has 0 atom stereocenters. The van der Waals surface area contributed by atoms with Crippen molar-refractivity contribution in [1.29, 1.82) is 0 Å². The van der Waals surface area contributed by atoms with Crippen LogP contribution in [0.25, 0.3) is 0 Å². The van der Waals surface area contributed by atoms with Crippen LogP contribution in [-0.2, 0) is 0 Å². The highest BCUT2D eigenvalue weighted by Crippen LogP contribution is 2.22. The monoisotopic (exact) mass is 291 g/mol. The molecule has 2 aromatic heterocycles. The number of rotatable bonds is 3. The Balaban J connectivity index is 1.66. The molecule has 0 N–H and O–H groups in total. The molecule has 2 aromatic rings. The maximum Gasteiger partial charge on any atom is 0.205 e. The zero-order valence-electron chi connectivity index (χ0n) is 11.6. The molecule has 7 heteroatoms. The van der Waals surface area contributed by atoms with E-state index in [4.69, 9.17) is 4.74 Å². The first-order chi connectivity index (χ1) is 9.76. The second-order valence-corrected chi connectivity index (χ2v) is 5.38. The van der Waals surface area contributed by atoms with Gasteiger partial charge in [0.25, 0.3) is 0 Å². The summed E-state index contributed by atoms with van der Waals surface area (Å²) >= 11 is 1.47. The summed E-state index contributed by atoms with van der Waals surface area (Å²) in [6, 6.07) is 3.84. The topological polar surface area (TPSA) is 54.4 Å². The van der Waals surface area contributed by atoms with E-state index in [1.54, 1.807) is 13.3 Å². The fourth-order valence-electron chi connectivity index (χ4n) is 2.24. The van der Waals surface area contributed by atoms with Gasteiger partial charge in [0.15, 0.2) is 0 Å². The molecule has 1 saturated heterocycles. The lowest BCUT2D eigenvalue weighted by Crippen LogP contribution is -2.46. The van der Waals surface area contributed by atoms with Crippen molar-refractivity contribution in [3.8, 4) is 5.75 Å². The maximum atomic E-state index is 5.25. The lowest BCUT2D eigenvalue weighted by atomic mass is 10.3. The van der Waals surface area contributed by atoms with E-state index >= 15 is 0 Å². The maximum absolute atomic E-state index is 5.25. The zero-order chi connectivity index (χ0) is 13.9. The van der Waals surface area contributed by atoms with Gasteiger partial charge in [-0.2, -0.15) is 4.37 Å². The quantitative estimate of drug-likeness (QED) is 0.856. The zero-order valence-corrected chi connectivity index (χ0v) is 12.4. The van der Waals surface area contributed by atoms with E-state index in [0.29, 0.717) is 0 Å². The number of methoxy groups -OCH3 is 1. The largest absolute Gasteiger partial charge is 0.497 e. The summed E-state index contributed by atoms with van der Waals surface area (Å²) in [5.41, 5.74) is 0. The number of nitrogens with zero attached hydrogens (tertiary/aromatic N) is 5. The Morgan fingerprint density at radius 3 is 2.60 bits per heavy atom. The van der Waals surface area contributed by atoms with E-state index < -0.39 is 0 Å². The molecule has 0 radical (unpaired) electrons. The Kier molecular flexibility index (Phi) is 3.68. The summed E-state index contributed by atoms with van der Waals surface area (Å²) in [6.07, 6.45) is 1.79. The Morgan fingerprint density at radius 2 is 1.95 bits per heavy atom. The van der Waals surface area contributed by atoms with Crippen molar-refractivity contribution in [2.24, 2.45) is 0 Å². The van der Waals surface area contributed by atoms with Crippen LogP contribution >= 0.6 is 11.5 Å². The number of anilines is 2. The molecular formula is C13H17N5OS. The van der Waals surface area contributed by atoms with Gasteiger partial charge in [-0.15, -0.1) is 0 Å². The van der Waals surface area contributed by atoms with E-state index in [1.165, 1.54) is 11.5 Å². The van der Waals surface area contributed by atoms with Crippen LogP contribution in [0.4, 0.5) is 10.9 Å². The Morgan fingerprint density at radius 1 is 1.20 bits per heavy atom. The SMILES string of the molecule is COc1ccnc(N2CCN(c3nc(C)ns3)CC2)c1. The van der Waals surface area contributed by atoms with Gasteiger partial charge in [-0.3, -0.25) is 0 Å². The third-order valence-corrected chi connectivity index (χ3v) is 4.21. The van der Waals surface area contributed by atoms with Crippen LogP contribution in [-0.4, -0.2) is 47.6 Å². The lowest BCUT2D eigenvalue weighted by Gasteiger charge is -2.35. The average molecular weight is 291 g/mol. The van der Waals surface area contributed by atoms with E-state index in [-0.39, 0.29) is 0 Å². The molecule has 1 aliphatic rings. The highest BCUT2D eigenvalue weighted by Gasteiger charge is 2.20. The van der Waals surface area contributed by atoms with Gasteiger partial charge in [0.05, 0.1) is 7.11 Å². The summed E-state index contributed by atoms with van der Waals surface area (Å²) in [5.74, 6) is 2.66. The molecule has 0 aliphatic carbocycles. The second-order valence-electron chi connectivity index (χ2n) is 4.65. The van der Waals surface area contributed by atoms with Gasteiger partial charge in [0.1, 0.15) is 17.4 Å². The van der Waals surface area contributed by atoms with Crippen molar-refractivity contribution in [1.82, 2.24) is 14.3 Å². The van der Waals surface area contributed by atoms with Crippen LogP contribution in [0.1, 0.15) is 5.82 Å². The molecule has 3 heterocycles. The van der Waals surface area contributed by atoms with Crippen LogP contribution in [0.2, 0.25) is 0 Å². The highest BCUT2D eigenvalue weighted by atomic mass is 32.1. The number of aromatic nitrogens is 3. The molecule has 0 aromatic carbocycles. The molecule has 0 spiro atoms. The predicted octanol–water partition coefficient (Wildman–Crippen LogP) is 1.58. The first kappa shape index (κ1) is 13.1. The number of ether oxygens (including phenoxy) is 1. The highest BCUT2D eigenvalue weighted by molar-refractivity contribution is 7.09. The molecule has 0 amide bonds. The van der Waals surface area contributed by atoms with Crippen LogP contribution in [0.5, 0.6) is 5.75 Å². The number of piperazine rings is 1. The smallest absolute Gasteiger partial charge is 0.205 e. The van der Waals surface area contributed by atoms with Crippen molar-refractivity contribution in [3.63, 3.8) is 0 Å². The molecule has 1 aliphatic heterocycles. The molecule has 0 unspecified atom stereocenters. The van der Waals surface area contributed by atoms with E-state index in [1.807, 2.05) is 19.1 Å². The van der Waals surface area contributed by atoms with Gasteiger partial charge < -0.3 is 14.5 Å². The normalized spacial score (nSPS) is 15.5. The third-order valence-electron chi connectivity index (χ3n) is 3.34. The molecule has 20 heavy (non-hydrogen) atoms. The molecule has 0 saturated carbocycles. The van der Waals surface area contributed by atoms with Gasteiger partial charge in [0, 0.05) is 50.0 Å². The van der Waals surface area contributed by atoms with Gasteiger partial charge in [0.2, 0.25) is 5.13 Å². The lowest BCUT2D eigenvalue weighted by molar-refractivity contribution is 0.414. The Labute approximate surface area is 122 Å². The van der Waals surface area contributed by atoms with Gasteiger partial charge in [-0.25, -0.2) is 9.97 Å². The number of hydrogen-bond donors (Lipinski definition) is 0. The average Bonchev–Trinajstić information content (AvgIpc) is 2.94. The molecular weight excluding hydrogens is 274 g/mol. The van der Waals surface area contributed by atoms with E-state index in [9.17, 15) is 0 Å². The summed E-state index contributed by atoms with van der Waals surface area (Å²) in [6.45, 7) is 5.66.